The molecule has 24 heavy (non-hydrogen) atoms. The number of hydrogen-bond acceptors (Lipinski definition) is 3. The van der Waals surface area contributed by atoms with Crippen molar-refractivity contribution < 1.29 is 14.4 Å². The van der Waals surface area contributed by atoms with Gasteiger partial charge in [0, 0.05) is 33.1 Å². The van der Waals surface area contributed by atoms with Crippen LogP contribution in [0.2, 0.25) is 0 Å². The van der Waals surface area contributed by atoms with Crippen molar-refractivity contribution in [3.8, 4) is 0 Å². The van der Waals surface area contributed by atoms with Crippen LogP contribution < -0.4 is 11.1 Å². The van der Waals surface area contributed by atoms with Crippen molar-refractivity contribution in [3.63, 3.8) is 0 Å². The number of nitrogens with two attached hydrogens (primary N) is 1. The fourth-order valence-electron chi connectivity index (χ4n) is 2.95. The average Bonchev–Trinajstić information content (AvgIpc) is 2.53. The molecule has 1 aliphatic heterocycles. The Bertz CT molecular complexity index is 649. The lowest BCUT2D eigenvalue weighted by molar-refractivity contribution is -0.121. The van der Waals surface area contributed by atoms with Gasteiger partial charge in [-0.2, -0.15) is 0 Å². The SMILES string of the molecule is Cc1cccc(NC(=O)C2CCN(C(=O)N(C)C)CC2)c1C(N)=O. The molecule has 3 N–H and O–H groups in total. The van der Waals surface area contributed by atoms with Crippen LogP contribution in [0.15, 0.2) is 18.2 Å². The molecule has 1 heterocycles. The second-order valence-electron chi connectivity index (χ2n) is 6.29. The number of primary amides is 1. The predicted octanol–water partition coefficient (Wildman–Crippen LogP) is 1.43. The summed E-state index contributed by atoms with van der Waals surface area (Å²) >= 11 is 0. The van der Waals surface area contributed by atoms with Crippen LogP contribution in [0.1, 0.15) is 28.8 Å². The first-order chi connectivity index (χ1) is 11.3. The fourth-order valence-corrected chi connectivity index (χ4v) is 2.95. The first-order valence-corrected chi connectivity index (χ1v) is 7.97. The Morgan fingerprint density at radius 1 is 1.21 bits per heavy atom. The van der Waals surface area contributed by atoms with E-state index in [1.807, 2.05) is 0 Å². The summed E-state index contributed by atoms with van der Waals surface area (Å²) in [5.41, 5.74) is 6.92. The summed E-state index contributed by atoms with van der Waals surface area (Å²) in [5.74, 6) is -0.882. The van der Waals surface area contributed by atoms with Crippen molar-refractivity contribution in [2.24, 2.45) is 11.7 Å². The van der Waals surface area contributed by atoms with Crippen molar-refractivity contribution >= 4 is 23.5 Å². The van der Waals surface area contributed by atoms with Crippen LogP contribution >= 0.6 is 0 Å². The molecule has 0 unspecified atom stereocenters. The van der Waals surface area contributed by atoms with E-state index in [0.29, 0.717) is 37.2 Å². The van der Waals surface area contributed by atoms with E-state index in [4.69, 9.17) is 5.73 Å². The third kappa shape index (κ3) is 3.84. The molecule has 0 aromatic heterocycles. The molecule has 130 valence electrons. The maximum absolute atomic E-state index is 12.5. The molecule has 7 heteroatoms. The van der Waals surface area contributed by atoms with E-state index in [-0.39, 0.29) is 17.9 Å². The van der Waals surface area contributed by atoms with Crippen LogP contribution in [-0.2, 0) is 4.79 Å². The molecule has 1 fully saturated rings. The molecule has 0 bridgehead atoms. The van der Waals surface area contributed by atoms with Gasteiger partial charge in [-0.3, -0.25) is 9.59 Å². The van der Waals surface area contributed by atoms with Crippen molar-refractivity contribution in [3.05, 3.63) is 29.3 Å². The predicted molar refractivity (Wildman–Crippen MR) is 91.7 cm³/mol. The van der Waals surface area contributed by atoms with Gasteiger partial charge in [0.1, 0.15) is 0 Å². The maximum Gasteiger partial charge on any atom is 0.319 e. The third-order valence-corrected chi connectivity index (χ3v) is 4.30. The van der Waals surface area contributed by atoms with E-state index in [2.05, 4.69) is 5.32 Å². The van der Waals surface area contributed by atoms with Crippen LogP contribution in [0.25, 0.3) is 0 Å². The fraction of sp³-hybridized carbons (Fsp3) is 0.471. The van der Waals surface area contributed by atoms with Crippen LogP contribution in [0, 0.1) is 12.8 Å². The second kappa shape index (κ2) is 7.33. The van der Waals surface area contributed by atoms with Gasteiger partial charge in [-0.05, 0) is 31.4 Å². The van der Waals surface area contributed by atoms with E-state index in [0.717, 1.165) is 5.56 Å². The number of nitrogens with one attached hydrogen (secondary N) is 1. The monoisotopic (exact) mass is 332 g/mol. The number of amides is 4. The van der Waals surface area contributed by atoms with E-state index in [1.165, 1.54) is 4.90 Å². The Kier molecular flexibility index (Phi) is 5.43. The topological polar surface area (TPSA) is 95.7 Å². The Morgan fingerprint density at radius 3 is 2.38 bits per heavy atom. The van der Waals surface area contributed by atoms with Crippen LogP contribution in [0.4, 0.5) is 10.5 Å². The number of benzene rings is 1. The number of rotatable bonds is 3. The van der Waals surface area contributed by atoms with Gasteiger partial charge in [0.2, 0.25) is 5.91 Å². The molecule has 1 saturated heterocycles. The zero-order valence-corrected chi connectivity index (χ0v) is 14.3. The van der Waals surface area contributed by atoms with Crippen molar-refractivity contribution in [2.45, 2.75) is 19.8 Å². The largest absolute Gasteiger partial charge is 0.366 e. The van der Waals surface area contributed by atoms with Gasteiger partial charge >= 0.3 is 6.03 Å². The zero-order valence-electron chi connectivity index (χ0n) is 14.3. The molecule has 0 spiro atoms. The summed E-state index contributed by atoms with van der Waals surface area (Å²) in [6, 6.07) is 5.19. The minimum absolute atomic E-state index is 0.0384. The van der Waals surface area contributed by atoms with Crippen LogP contribution in [0.3, 0.4) is 0 Å². The van der Waals surface area contributed by atoms with Gasteiger partial charge in [0.05, 0.1) is 11.3 Å². The van der Waals surface area contributed by atoms with Gasteiger partial charge < -0.3 is 20.9 Å². The molecule has 1 aromatic rings. The van der Waals surface area contributed by atoms with Crippen molar-refractivity contribution in [2.75, 3.05) is 32.5 Å². The quantitative estimate of drug-likeness (QED) is 0.876. The highest BCUT2D eigenvalue weighted by atomic mass is 16.2. The first-order valence-electron chi connectivity index (χ1n) is 7.97. The Hall–Kier alpha value is -2.57. The van der Waals surface area contributed by atoms with Crippen molar-refractivity contribution in [1.82, 2.24) is 9.80 Å². The number of aryl methyl sites for hydroxylation is 1. The lowest BCUT2D eigenvalue weighted by Crippen LogP contribution is -2.45. The first kappa shape index (κ1) is 17.8. The van der Waals surface area contributed by atoms with Gasteiger partial charge in [-0.25, -0.2) is 4.79 Å². The molecular weight excluding hydrogens is 308 g/mol. The number of urea groups is 1. The lowest BCUT2D eigenvalue weighted by atomic mass is 9.95. The molecule has 0 saturated carbocycles. The molecule has 0 radical (unpaired) electrons. The standard InChI is InChI=1S/C17H24N4O3/c1-11-5-4-6-13(14(11)15(18)22)19-16(23)12-7-9-21(10-8-12)17(24)20(2)3/h4-6,12H,7-10H2,1-3H3,(H2,18,22)(H,19,23). The molecule has 1 aromatic carbocycles. The van der Waals surface area contributed by atoms with E-state index >= 15 is 0 Å². The normalized spacial score (nSPS) is 15.0. The molecule has 0 aliphatic carbocycles. The third-order valence-electron chi connectivity index (χ3n) is 4.30. The number of piperidine rings is 1. The van der Waals surface area contributed by atoms with E-state index < -0.39 is 5.91 Å². The number of nitrogens with zero attached hydrogens (tertiary/aromatic N) is 2. The zero-order chi connectivity index (χ0) is 17.9. The number of hydrogen-bond donors (Lipinski definition) is 2. The Balaban J connectivity index is 2.01. The molecular formula is C17H24N4O3. The van der Waals surface area contributed by atoms with Crippen LogP contribution in [0.5, 0.6) is 0 Å². The van der Waals surface area contributed by atoms with Gasteiger partial charge in [0.25, 0.3) is 5.91 Å². The highest BCUT2D eigenvalue weighted by Gasteiger charge is 2.28. The minimum Gasteiger partial charge on any atom is -0.366 e. The van der Waals surface area contributed by atoms with E-state index in [9.17, 15) is 14.4 Å². The molecule has 2 rings (SSSR count). The summed E-state index contributed by atoms with van der Waals surface area (Å²) in [6.07, 6.45) is 1.20. The highest BCUT2D eigenvalue weighted by molar-refractivity contribution is 6.04. The minimum atomic E-state index is -0.560. The Morgan fingerprint density at radius 2 is 1.83 bits per heavy atom. The summed E-state index contributed by atoms with van der Waals surface area (Å²) in [5, 5.41) is 2.82. The average molecular weight is 332 g/mol. The van der Waals surface area contributed by atoms with Gasteiger partial charge in [0.15, 0.2) is 0 Å². The number of carbonyl (C=O) groups is 3. The number of carbonyl (C=O) groups excluding carboxylic acids is 3. The second-order valence-corrected chi connectivity index (χ2v) is 6.29. The van der Waals surface area contributed by atoms with Gasteiger partial charge in [-0.1, -0.05) is 12.1 Å². The smallest absolute Gasteiger partial charge is 0.319 e. The summed E-state index contributed by atoms with van der Waals surface area (Å²) in [7, 11) is 3.43. The summed E-state index contributed by atoms with van der Waals surface area (Å²) in [6.45, 7) is 2.87. The van der Waals surface area contributed by atoms with Gasteiger partial charge in [-0.15, -0.1) is 0 Å². The van der Waals surface area contributed by atoms with Crippen LogP contribution in [-0.4, -0.2) is 54.8 Å². The molecule has 0 atom stereocenters. The molecule has 7 nitrogen and oxygen atoms in total. The molecule has 1 aliphatic rings. The van der Waals surface area contributed by atoms with E-state index in [1.54, 1.807) is 44.1 Å². The summed E-state index contributed by atoms with van der Waals surface area (Å²) in [4.78, 5) is 39.3. The molecule has 4 amide bonds. The lowest BCUT2D eigenvalue weighted by Gasteiger charge is -2.33. The van der Waals surface area contributed by atoms with Crippen molar-refractivity contribution in [1.29, 1.82) is 0 Å². The highest BCUT2D eigenvalue weighted by Crippen LogP contribution is 2.23. The number of anilines is 1. The maximum atomic E-state index is 12.5. The number of likely N-dealkylation sites (tertiary alicyclic amines) is 1. The Labute approximate surface area is 141 Å². The summed E-state index contributed by atoms with van der Waals surface area (Å²) < 4.78 is 0.